The highest BCUT2D eigenvalue weighted by atomic mass is 35.5. The number of halogens is 2. The number of carboxylic acids is 1. The standard InChI is InChI=1S/C23H26ClFN2O2/c1-5-8-27-21-11-20(25)15(9-17(21)14(2)12-23(27,3)4)13-26-16-6-7-19(24)18(10-16)22(28)29/h6-7,9-11,13-14H,5,8,12H2,1-4H3,(H,28,29). The fourth-order valence-corrected chi connectivity index (χ4v) is 4.37. The number of nitrogens with zero attached hydrogens (tertiary/aromatic N) is 2. The van der Waals surface area contributed by atoms with Crippen LogP contribution in [0.25, 0.3) is 0 Å². The van der Waals surface area contributed by atoms with Crippen LogP contribution in [-0.2, 0) is 0 Å². The maximum absolute atomic E-state index is 14.9. The quantitative estimate of drug-likeness (QED) is 0.571. The van der Waals surface area contributed by atoms with Crippen molar-refractivity contribution in [2.45, 2.75) is 52.0 Å². The molecule has 0 amide bonds. The first-order chi connectivity index (χ1) is 13.6. The Hall–Kier alpha value is -2.40. The lowest BCUT2D eigenvalue weighted by Crippen LogP contribution is -2.48. The Balaban J connectivity index is 1.99. The van der Waals surface area contributed by atoms with Gasteiger partial charge < -0.3 is 10.0 Å². The number of aliphatic imine (C=N–C) groups is 1. The van der Waals surface area contributed by atoms with E-state index in [1.165, 1.54) is 18.3 Å². The molecule has 0 radical (unpaired) electrons. The lowest BCUT2D eigenvalue weighted by atomic mass is 9.79. The van der Waals surface area contributed by atoms with E-state index in [4.69, 9.17) is 11.6 Å². The fraction of sp³-hybridized carbons (Fsp3) is 0.391. The summed E-state index contributed by atoms with van der Waals surface area (Å²) >= 11 is 5.89. The molecule has 4 nitrogen and oxygen atoms in total. The second-order valence-electron chi connectivity index (χ2n) is 8.23. The van der Waals surface area contributed by atoms with E-state index in [0.29, 0.717) is 17.2 Å². The van der Waals surface area contributed by atoms with Gasteiger partial charge in [-0.1, -0.05) is 25.4 Å². The van der Waals surface area contributed by atoms with Gasteiger partial charge in [-0.2, -0.15) is 0 Å². The summed E-state index contributed by atoms with van der Waals surface area (Å²) in [5.41, 5.74) is 2.80. The number of anilines is 1. The van der Waals surface area contributed by atoms with Gasteiger partial charge in [0, 0.05) is 29.5 Å². The van der Waals surface area contributed by atoms with E-state index in [1.807, 2.05) is 6.07 Å². The van der Waals surface area contributed by atoms with Crippen LogP contribution in [-0.4, -0.2) is 29.4 Å². The number of fused-ring (bicyclic) bond motifs is 1. The highest BCUT2D eigenvalue weighted by Crippen LogP contribution is 2.44. The number of aromatic carboxylic acids is 1. The van der Waals surface area contributed by atoms with Gasteiger partial charge in [0.25, 0.3) is 0 Å². The zero-order valence-electron chi connectivity index (χ0n) is 17.2. The van der Waals surface area contributed by atoms with Crippen LogP contribution in [0.1, 0.15) is 67.9 Å². The third-order valence-corrected chi connectivity index (χ3v) is 5.81. The Bertz CT molecular complexity index is 972. The van der Waals surface area contributed by atoms with Crippen molar-refractivity contribution in [1.82, 2.24) is 0 Å². The van der Waals surface area contributed by atoms with E-state index in [2.05, 4.69) is 37.6 Å². The summed E-state index contributed by atoms with van der Waals surface area (Å²) < 4.78 is 14.9. The average molecular weight is 417 g/mol. The van der Waals surface area contributed by atoms with Gasteiger partial charge >= 0.3 is 5.97 Å². The highest BCUT2D eigenvalue weighted by molar-refractivity contribution is 6.33. The fourth-order valence-electron chi connectivity index (χ4n) is 4.17. The summed E-state index contributed by atoms with van der Waals surface area (Å²) in [6.45, 7) is 9.58. The van der Waals surface area contributed by atoms with Crippen molar-refractivity contribution in [3.63, 3.8) is 0 Å². The summed E-state index contributed by atoms with van der Waals surface area (Å²) in [5, 5.41) is 9.33. The van der Waals surface area contributed by atoms with Crippen molar-refractivity contribution in [2.24, 2.45) is 4.99 Å². The van der Waals surface area contributed by atoms with Crippen molar-refractivity contribution in [3.05, 3.63) is 57.9 Å². The molecule has 1 aliphatic rings. The first-order valence-electron chi connectivity index (χ1n) is 9.82. The van der Waals surface area contributed by atoms with Gasteiger partial charge in [0.15, 0.2) is 0 Å². The second-order valence-corrected chi connectivity index (χ2v) is 8.64. The first-order valence-corrected chi connectivity index (χ1v) is 10.2. The van der Waals surface area contributed by atoms with Crippen molar-refractivity contribution < 1.29 is 14.3 Å². The molecule has 0 spiro atoms. The van der Waals surface area contributed by atoms with Crippen LogP contribution in [0.5, 0.6) is 0 Å². The molecule has 0 saturated heterocycles. The minimum absolute atomic E-state index is 0.0268. The molecule has 1 aliphatic heterocycles. The van der Waals surface area contributed by atoms with E-state index in [-0.39, 0.29) is 21.9 Å². The van der Waals surface area contributed by atoms with Crippen molar-refractivity contribution in [3.8, 4) is 0 Å². The number of rotatable bonds is 5. The number of carbonyl (C=O) groups is 1. The van der Waals surface area contributed by atoms with Crippen LogP contribution in [0.4, 0.5) is 15.8 Å². The lowest BCUT2D eigenvalue weighted by Gasteiger charge is -2.47. The van der Waals surface area contributed by atoms with E-state index in [0.717, 1.165) is 30.6 Å². The topological polar surface area (TPSA) is 52.9 Å². The molecule has 2 aromatic carbocycles. The third kappa shape index (κ3) is 4.30. The maximum atomic E-state index is 14.9. The molecule has 0 aliphatic carbocycles. The molecule has 1 unspecified atom stereocenters. The van der Waals surface area contributed by atoms with Gasteiger partial charge in [-0.3, -0.25) is 4.99 Å². The molecule has 1 atom stereocenters. The monoisotopic (exact) mass is 416 g/mol. The predicted molar refractivity (Wildman–Crippen MR) is 117 cm³/mol. The minimum Gasteiger partial charge on any atom is -0.478 e. The zero-order valence-corrected chi connectivity index (χ0v) is 17.9. The van der Waals surface area contributed by atoms with Crippen LogP contribution in [0.3, 0.4) is 0 Å². The van der Waals surface area contributed by atoms with E-state index >= 15 is 0 Å². The Morgan fingerprint density at radius 3 is 2.76 bits per heavy atom. The molecule has 2 aromatic rings. The molecule has 0 fully saturated rings. The van der Waals surface area contributed by atoms with Crippen molar-refractivity contribution in [2.75, 3.05) is 11.4 Å². The van der Waals surface area contributed by atoms with Gasteiger partial charge in [-0.15, -0.1) is 0 Å². The average Bonchev–Trinajstić information content (AvgIpc) is 2.64. The van der Waals surface area contributed by atoms with Crippen LogP contribution < -0.4 is 4.90 Å². The lowest BCUT2D eigenvalue weighted by molar-refractivity contribution is 0.0697. The predicted octanol–water partition coefficient (Wildman–Crippen LogP) is 6.43. The molecular formula is C23H26ClFN2O2. The number of hydrogen-bond donors (Lipinski definition) is 1. The molecule has 1 heterocycles. The Labute approximate surface area is 176 Å². The molecule has 29 heavy (non-hydrogen) atoms. The summed E-state index contributed by atoms with van der Waals surface area (Å²) in [5.74, 6) is -1.17. The van der Waals surface area contributed by atoms with E-state index < -0.39 is 5.97 Å². The smallest absolute Gasteiger partial charge is 0.337 e. The normalized spacial score (nSPS) is 18.1. The molecule has 0 aromatic heterocycles. The Kier molecular flexibility index (Phi) is 5.99. The van der Waals surface area contributed by atoms with Crippen LogP contribution >= 0.6 is 11.6 Å². The van der Waals surface area contributed by atoms with Gasteiger partial charge in [-0.05, 0) is 68.5 Å². The third-order valence-electron chi connectivity index (χ3n) is 5.48. The number of carboxylic acid groups (broad SMARTS) is 1. The molecular weight excluding hydrogens is 391 g/mol. The van der Waals surface area contributed by atoms with Crippen molar-refractivity contribution >= 4 is 35.2 Å². The first kappa shape index (κ1) is 21.3. The van der Waals surface area contributed by atoms with Crippen molar-refractivity contribution in [1.29, 1.82) is 0 Å². The summed E-state index contributed by atoms with van der Waals surface area (Å²) in [4.78, 5) is 17.8. The van der Waals surface area contributed by atoms with Crippen LogP contribution in [0.15, 0.2) is 35.3 Å². The zero-order chi connectivity index (χ0) is 21.3. The maximum Gasteiger partial charge on any atom is 0.337 e. The highest BCUT2D eigenvalue weighted by Gasteiger charge is 2.36. The molecule has 154 valence electrons. The summed E-state index contributed by atoms with van der Waals surface area (Å²) in [6, 6.07) is 7.94. The molecule has 6 heteroatoms. The Morgan fingerprint density at radius 2 is 2.10 bits per heavy atom. The van der Waals surface area contributed by atoms with Crippen LogP contribution in [0, 0.1) is 5.82 Å². The van der Waals surface area contributed by atoms with E-state index in [9.17, 15) is 14.3 Å². The SMILES string of the molecule is CCCN1c2cc(F)c(C=Nc3ccc(Cl)c(C(=O)O)c3)cc2C(C)CC1(C)C. The number of benzene rings is 2. The molecule has 1 N–H and O–H groups in total. The summed E-state index contributed by atoms with van der Waals surface area (Å²) in [6.07, 6.45) is 3.42. The Morgan fingerprint density at radius 1 is 1.38 bits per heavy atom. The van der Waals surface area contributed by atoms with Gasteiger partial charge in [0.05, 0.1) is 16.3 Å². The molecule has 3 rings (SSSR count). The van der Waals surface area contributed by atoms with Gasteiger partial charge in [0.2, 0.25) is 0 Å². The second kappa shape index (κ2) is 8.15. The number of hydrogen-bond acceptors (Lipinski definition) is 3. The molecule has 0 saturated carbocycles. The van der Waals surface area contributed by atoms with Crippen LogP contribution in [0.2, 0.25) is 5.02 Å². The van der Waals surface area contributed by atoms with Gasteiger partial charge in [-0.25, -0.2) is 9.18 Å². The van der Waals surface area contributed by atoms with Gasteiger partial charge in [0.1, 0.15) is 5.82 Å². The summed E-state index contributed by atoms with van der Waals surface area (Å²) in [7, 11) is 0. The largest absolute Gasteiger partial charge is 0.478 e. The minimum atomic E-state index is -1.13. The van der Waals surface area contributed by atoms with E-state index in [1.54, 1.807) is 12.1 Å². The molecule has 0 bridgehead atoms.